The highest BCUT2D eigenvalue weighted by Crippen LogP contribution is 2.30. The average Bonchev–Trinajstić information content (AvgIpc) is 2.89. The largest absolute Gasteiger partial charge is 0.433 e. The van der Waals surface area contributed by atoms with Crippen LogP contribution in [0, 0.1) is 5.92 Å². The van der Waals surface area contributed by atoms with E-state index in [1.807, 2.05) is 12.1 Å². The molecule has 0 aliphatic carbocycles. The fourth-order valence-electron chi connectivity index (χ4n) is 2.70. The van der Waals surface area contributed by atoms with Gasteiger partial charge in [0, 0.05) is 37.6 Å². The molecule has 1 fully saturated rings. The minimum absolute atomic E-state index is 0.00361. The normalized spacial score (nSPS) is 21.7. The Balaban J connectivity index is 1.73. The Labute approximate surface area is 130 Å². The number of aromatic nitrogens is 3. The van der Waals surface area contributed by atoms with Crippen molar-refractivity contribution in [2.75, 3.05) is 18.0 Å². The van der Waals surface area contributed by atoms with Gasteiger partial charge in [0.2, 0.25) is 5.95 Å². The zero-order valence-electron chi connectivity index (χ0n) is 12.1. The molecule has 1 aliphatic rings. The van der Waals surface area contributed by atoms with E-state index < -0.39 is 18.0 Å². The summed E-state index contributed by atoms with van der Waals surface area (Å²) in [4.78, 5) is 13.0. The van der Waals surface area contributed by atoms with Crippen LogP contribution in [-0.2, 0) is 12.6 Å². The molecule has 0 saturated carbocycles. The molecule has 2 aromatic heterocycles. The van der Waals surface area contributed by atoms with Crippen molar-refractivity contribution in [1.82, 2.24) is 15.0 Å². The summed E-state index contributed by atoms with van der Waals surface area (Å²) in [5, 5.41) is 10.2. The van der Waals surface area contributed by atoms with Crippen molar-refractivity contribution in [3.8, 4) is 0 Å². The number of pyridine rings is 1. The Kier molecular flexibility index (Phi) is 4.16. The van der Waals surface area contributed by atoms with Gasteiger partial charge in [0.25, 0.3) is 0 Å². The third-order valence-corrected chi connectivity index (χ3v) is 3.87. The highest BCUT2D eigenvalue weighted by Gasteiger charge is 2.36. The molecule has 1 aliphatic heterocycles. The predicted molar refractivity (Wildman–Crippen MR) is 76.7 cm³/mol. The fraction of sp³-hybridized carbons (Fsp3) is 0.400. The summed E-state index contributed by atoms with van der Waals surface area (Å²) >= 11 is 0. The molecule has 5 nitrogen and oxygen atoms in total. The second kappa shape index (κ2) is 6.11. The van der Waals surface area contributed by atoms with Gasteiger partial charge in [-0.25, -0.2) is 9.97 Å². The quantitative estimate of drug-likeness (QED) is 0.935. The summed E-state index contributed by atoms with van der Waals surface area (Å²) in [6, 6.07) is 4.55. The van der Waals surface area contributed by atoms with E-state index in [4.69, 9.17) is 0 Å². The van der Waals surface area contributed by atoms with Crippen molar-refractivity contribution in [1.29, 1.82) is 0 Å². The van der Waals surface area contributed by atoms with Crippen LogP contribution in [0.15, 0.2) is 36.8 Å². The minimum Gasteiger partial charge on any atom is -0.391 e. The smallest absolute Gasteiger partial charge is 0.391 e. The van der Waals surface area contributed by atoms with Crippen molar-refractivity contribution in [2.24, 2.45) is 5.92 Å². The molecule has 0 aromatic carbocycles. The molecule has 122 valence electrons. The zero-order chi connectivity index (χ0) is 16.4. The van der Waals surface area contributed by atoms with Crippen LogP contribution in [0.5, 0.6) is 0 Å². The molecule has 0 unspecified atom stereocenters. The standard InChI is InChI=1S/C15H15F3N4O/c16-15(17,18)13-3-6-20-14(21-13)22-8-11(12(23)9-22)7-10-1-4-19-5-2-10/h1-6,11-12,23H,7-9H2/t11-,12-/m1/s1. The fourth-order valence-corrected chi connectivity index (χ4v) is 2.70. The van der Waals surface area contributed by atoms with E-state index in [0.717, 1.165) is 17.8 Å². The SMILES string of the molecule is O[C@@H]1CN(c2nccc(C(F)(F)F)n2)C[C@H]1Cc1ccncc1. The number of β-amino-alcohol motifs (C(OH)–C–C–N with tert-alkyl or cyclic N) is 1. The molecule has 8 heteroatoms. The van der Waals surface area contributed by atoms with Gasteiger partial charge in [-0.15, -0.1) is 0 Å². The number of anilines is 1. The van der Waals surface area contributed by atoms with Crippen molar-refractivity contribution < 1.29 is 18.3 Å². The lowest BCUT2D eigenvalue weighted by Gasteiger charge is -2.17. The molecular formula is C15H15F3N4O. The van der Waals surface area contributed by atoms with Crippen LogP contribution < -0.4 is 4.90 Å². The Hall–Kier alpha value is -2.22. The van der Waals surface area contributed by atoms with Gasteiger partial charge in [0.15, 0.2) is 0 Å². The summed E-state index contributed by atoms with van der Waals surface area (Å²) in [5.41, 5.74) is 0.0467. The first-order chi connectivity index (χ1) is 10.9. The van der Waals surface area contributed by atoms with Crippen molar-refractivity contribution in [2.45, 2.75) is 18.7 Å². The van der Waals surface area contributed by atoms with E-state index in [9.17, 15) is 18.3 Å². The van der Waals surface area contributed by atoms with E-state index in [0.29, 0.717) is 13.0 Å². The van der Waals surface area contributed by atoms with E-state index in [1.54, 1.807) is 17.3 Å². The predicted octanol–water partition coefficient (Wildman–Crippen LogP) is 1.93. The van der Waals surface area contributed by atoms with Gasteiger partial charge in [-0.3, -0.25) is 4.98 Å². The van der Waals surface area contributed by atoms with Gasteiger partial charge in [0.1, 0.15) is 5.69 Å². The zero-order valence-corrected chi connectivity index (χ0v) is 12.1. The maximum absolute atomic E-state index is 12.7. The van der Waals surface area contributed by atoms with Gasteiger partial charge in [0.05, 0.1) is 6.10 Å². The average molecular weight is 324 g/mol. The minimum atomic E-state index is -4.51. The van der Waals surface area contributed by atoms with Crippen molar-refractivity contribution in [3.05, 3.63) is 48.0 Å². The molecule has 2 aromatic rings. The molecule has 1 N–H and O–H groups in total. The molecule has 0 radical (unpaired) electrons. The number of halogens is 3. The topological polar surface area (TPSA) is 62.1 Å². The second-order valence-corrected chi connectivity index (χ2v) is 5.53. The Morgan fingerprint density at radius 3 is 2.57 bits per heavy atom. The van der Waals surface area contributed by atoms with Crippen molar-refractivity contribution >= 4 is 5.95 Å². The van der Waals surface area contributed by atoms with Crippen LogP contribution in [0.3, 0.4) is 0 Å². The first kappa shape index (κ1) is 15.7. The first-order valence-electron chi connectivity index (χ1n) is 7.15. The molecular weight excluding hydrogens is 309 g/mol. The number of hydrogen-bond donors (Lipinski definition) is 1. The van der Waals surface area contributed by atoms with Crippen molar-refractivity contribution in [3.63, 3.8) is 0 Å². The lowest BCUT2D eigenvalue weighted by Crippen LogP contribution is -2.24. The van der Waals surface area contributed by atoms with Crippen LogP contribution in [0.4, 0.5) is 19.1 Å². The number of alkyl halides is 3. The van der Waals surface area contributed by atoms with E-state index in [-0.39, 0.29) is 18.4 Å². The number of aliphatic hydroxyl groups is 1. The summed E-state index contributed by atoms with van der Waals surface area (Å²) in [6.07, 6.45) is -0.0880. The number of nitrogens with zero attached hydrogens (tertiary/aromatic N) is 4. The van der Waals surface area contributed by atoms with Gasteiger partial charge < -0.3 is 10.0 Å². The van der Waals surface area contributed by atoms with Crippen LogP contribution >= 0.6 is 0 Å². The molecule has 2 atom stereocenters. The molecule has 0 bridgehead atoms. The summed E-state index contributed by atoms with van der Waals surface area (Å²) < 4.78 is 38.2. The van der Waals surface area contributed by atoms with E-state index in [1.165, 1.54) is 0 Å². The van der Waals surface area contributed by atoms with Crippen LogP contribution in [0.2, 0.25) is 0 Å². The lowest BCUT2D eigenvalue weighted by molar-refractivity contribution is -0.141. The lowest BCUT2D eigenvalue weighted by atomic mass is 9.97. The Morgan fingerprint density at radius 1 is 1.13 bits per heavy atom. The number of hydrogen-bond acceptors (Lipinski definition) is 5. The van der Waals surface area contributed by atoms with Gasteiger partial charge >= 0.3 is 6.18 Å². The van der Waals surface area contributed by atoms with E-state index in [2.05, 4.69) is 15.0 Å². The monoisotopic (exact) mass is 324 g/mol. The third kappa shape index (κ3) is 3.58. The van der Waals surface area contributed by atoms with Crippen LogP contribution in [0.1, 0.15) is 11.3 Å². The highest BCUT2D eigenvalue weighted by molar-refractivity contribution is 5.34. The second-order valence-electron chi connectivity index (χ2n) is 5.53. The van der Waals surface area contributed by atoms with Gasteiger partial charge in [-0.05, 0) is 30.2 Å². The molecule has 0 amide bonds. The molecule has 1 saturated heterocycles. The van der Waals surface area contributed by atoms with Crippen LogP contribution in [-0.4, -0.2) is 39.3 Å². The molecule has 3 heterocycles. The maximum Gasteiger partial charge on any atom is 0.433 e. The third-order valence-electron chi connectivity index (χ3n) is 3.87. The maximum atomic E-state index is 12.7. The highest BCUT2D eigenvalue weighted by atomic mass is 19.4. The number of aliphatic hydroxyl groups excluding tert-OH is 1. The van der Waals surface area contributed by atoms with Crippen LogP contribution in [0.25, 0.3) is 0 Å². The summed E-state index contributed by atoms with van der Waals surface area (Å²) in [6.45, 7) is 0.627. The van der Waals surface area contributed by atoms with E-state index >= 15 is 0 Å². The van der Waals surface area contributed by atoms with Gasteiger partial charge in [-0.2, -0.15) is 13.2 Å². The summed E-state index contributed by atoms with van der Waals surface area (Å²) in [5.74, 6) is -0.0911. The molecule has 23 heavy (non-hydrogen) atoms. The summed E-state index contributed by atoms with van der Waals surface area (Å²) in [7, 11) is 0. The molecule has 0 spiro atoms. The van der Waals surface area contributed by atoms with Gasteiger partial charge in [-0.1, -0.05) is 0 Å². The Bertz CT molecular complexity index is 665. The Morgan fingerprint density at radius 2 is 1.87 bits per heavy atom. The number of rotatable bonds is 3. The first-order valence-corrected chi connectivity index (χ1v) is 7.15. The molecule has 3 rings (SSSR count).